The molecule has 0 amide bonds. The summed E-state index contributed by atoms with van der Waals surface area (Å²) in [5.41, 5.74) is 6.82. The Morgan fingerprint density at radius 3 is 3.00 bits per heavy atom. The molecule has 0 saturated carbocycles. The molecule has 1 aromatic carbocycles. The molecule has 0 spiro atoms. The Hall–Kier alpha value is -0.490. The molecule has 5 heteroatoms. The average Bonchev–Trinajstić information content (AvgIpc) is 2.44. The van der Waals surface area contributed by atoms with Crippen molar-refractivity contribution in [1.82, 2.24) is 4.90 Å². The van der Waals surface area contributed by atoms with Crippen LogP contribution in [-0.2, 0) is 4.74 Å². The Labute approximate surface area is 128 Å². The van der Waals surface area contributed by atoms with Crippen molar-refractivity contribution in [1.29, 1.82) is 0 Å². The highest BCUT2D eigenvalue weighted by atomic mass is 79.9. The van der Waals surface area contributed by atoms with Crippen LogP contribution in [0.4, 0.5) is 4.39 Å². The van der Waals surface area contributed by atoms with Gasteiger partial charge in [0.1, 0.15) is 5.82 Å². The van der Waals surface area contributed by atoms with Crippen molar-refractivity contribution >= 4 is 15.9 Å². The Morgan fingerprint density at radius 1 is 1.55 bits per heavy atom. The predicted octanol–water partition coefficient (Wildman–Crippen LogP) is 2.95. The first-order chi connectivity index (χ1) is 9.61. The van der Waals surface area contributed by atoms with Crippen LogP contribution in [-0.4, -0.2) is 38.3 Å². The van der Waals surface area contributed by atoms with Crippen LogP contribution in [0.1, 0.15) is 24.4 Å². The Bertz CT molecular complexity index is 438. The van der Waals surface area contributed by atoms with Crippen LogP contribution in [0.5, 0.6) is 0 Å². The van der Waals surface area contributed by atoms with E-state index >= 15 is 0 Å². The van der Waals surface area contributed by atoms with Crippen molar-refractivity contribution in [2.75, 3.05) is 33.4 Å². The van der Waals surface area contributed by atoms with Gasteiger partial charge in [-0.1, -0.05) is 15.9 Å². The van der Waals surface area contributed by atoms with E-state index in [4.69, 9.17) is 10.5 Å². The Kier molecular flexibility index (Phi) is 5.96. The number of benzene rings is 1. The molecular weight excluding hydrogens is 323 g/mol. The van der Waals surface area contributed by atoms with E-state index in [0.29, 0.717) is 12.5 Å². The molecule has 112 valence electrons. The second kappa shape index (κ2) is 7.50. The summed E-state index contributed by atoms with van der Waals surface area (Å²) in [6.07, 6.45) is 2.31. The van der Waals surface area contributed by atoms with E-state index in [2.05, 4.69) is 20.8 Å². The van der Waals surface area contributed by atoms with Crippen molar-refractivity contribution in [3.63, 3.8) is 0 Å². The summed E-state index contributed by atoms with van der Waals surface area (Å²) < 4.78 is 19.9. The zero-order valence-corrected chi connectivity index (χ0v) is 13.4. The van der Waals surface area contributed by atoms with Crippen molar-refractivity contribution in [2.45, 2.75) is 18.9 Å². The summed E-state index contributed by atoms with van der Waals surface area (Å²) in [7, 11) is 2.05. The molecule has 1 aromatic rings. The number of nitrogens with zero attached hydrogens (tertiary/aromatic N) is 1. The molecule has 0 bridgehead atoms. The number of rotatable bonds is 5. The van der Waals surface area contributed by atoms with E-state index in [-0.39, 0.29) is 11.9 Å². The fraction of sp³-hybridized carbons (Fsp3) is 0.600. The van der Waals surface area contributed by atoms with Crippen molar-refractivity contribution in [2.24, 2.45) is 11.7 Å². The molecule has 20 heavy (non-hydrogen) atoms. The number of halogens is 2. The lowest BCUT2D eigenvalue weighted by Crippen LogP contribution is -2.36. The SMILES string of the molecule is CN(CC1CCCOC1)C(CN)c1cc(F)ccc1Br. The minimum Gasteiger partial charge on any atom is -0.381 e. The number of likely N-dealkylation sites (N-methyl/N-ethyl adjacent to an activating group) is 1. The van der Waals surface area contributed by atoms with Gasteiger partial charge >= 0.3 is 0 Å². The molecule has 1 saturated heterocycles. The van der Waals surface area contributed by atoms with Crippen molar-refractivity contribution in [3.05, 3.63) is 34.1 Å². The van der Waals surface area contributed by atoms with E-state index < -0.39 is 0 Å². The average molecular weight is 345 g/mol. The van der Waals surface area contributed by atoms with Gasteiger partial charge < -0.3 is 10.5 Å². The lowest BCUT2D eigenvalue weighted by molar-refractivity contribution is 0.0365. The molecule has 1 aliphatic rings. The minimum absolute atomic E-state index is 0.0157. The Balaban J connectivity index is 2.07. The first kappa shape index (κ1) is 15.9. The molecule has 3 nitrogen and oxygen atoms in total. The van der Waals surface area contributed by atoms with Gasteiger partial charge in [0, 0.05) is 30.2 Å². The summed E-state index contributed by atoms with van der Waals surface area (Å²) in [4.78, 5) is 2.21. The maximum absolute atomic E-state index is 13.5. The minimum atomic E-state index is -0.226. The highest BCUT2D eigenvalue weighted by molar-refractivity contribution is 9.10. The molecule has 1 aliphatic heterocycles. The topological polar surface area (TPSA) is 38.5 Å². The van der Waals surface area contributed by atoms with E-state index in [1.807, 2.05) is 7.05 Å². The third kappa shape index (κ3) is 4.01. The molecule has 0 aromatic heterocycles. The van der Waals surface area contributed by atoms with Gasteiger partial charge in [-0.05, 0) is 49.6 Å². The Morgan fingerprint density at radius 2 is 2.35 bits per heavy atom. The highest BCUT2D eigenvalue weighted by Gasteiger charge is 2.23. The molecular formula is C15H22BrFN2O. The summed E-state index contributed by atoms with van der Waals surface area (Å²) >= 11 is 3.49. The van der Waals surface area contributed by atoms with Gasteiger partial charge in [0.2, 0.25) is 0 Å². The molecule has 1 fully saturated rings. The number of nitrogens with two attached hydrogens (primary N) is 1. The largest absolute Gasteiger partial charge is 0.381 e. The van der Waals surface area contributed by atoms with Crippen LogP contribution in [0.3, 0.4) is 0 Å². The maximum atomic E-state index is 13.5. The predicted molar refractivity (Wildman–Crippen MR) is 82.1 cm³/mol. The van der Waals surface area contributed by atoms with Crippen molar-refractivity contribution in [3.8, 4) is 0 Å². The second-order valence-electron chi connectivity index (χ2n) is 5.44. The van der Waals surface area contributed by atoms with Gasteiger partial charge in [-0.15, -0.1) is 0 Å². The zero-order chi connectivity index (χ0) is 14.5. The smallest absolute Gasteiger partial charge is 0.123 e. The lowest BCUT2D eigenvalue weighted by Gasteiger charge is -2.33. The number of hydrogen-bond donors (Lipinski definition) is 1. The van der Waals surface area contributed by atoms with Gasteiger partial charge in [0.15, 0.2) is 0 Å². The summed E-state index contributed by atoms with van der Waals surface area (Å²) in [6.45, 7) is 3.07. The molecule has 2 rings (SSSR count). The molecule has 2 unspecified atom stereocenters. The number of hydrogen-bond acceptors (Lipinski definition) is 3. The summed E-state index contributed by atoms with van der Waals surface area (Å²) in [5, 5.41) is 0. The fourth-order valence-electron chi connectivity index (χ4n) is 2.80. The lowest BCUT2D eigenvalue weighted by atomic mass is 9.99. The summed E-state index contributed by atoms with van der Waals surface area (Å²) in [6, 6.07) is 4.78. The normalized spacial score (nSPS) is 21.1. The van der Waals surface area contributed by atoms with Gasteiger partial charge in [0.05, 0.1) is 6.61 Å². The van der Waals surface area contributed by atoms with Crippen LogP contribution >= 0.6 is 15.9 Å². The number of ether oxygens (including phenoxy) is 1. The molecule has 1 heterocycles. The van der Waals surface area contributed by atoms with Crippen LogP contribution in [0.25, 0.3) is 0 Å². The van der Waals surface area contributed by atoms with Gasteiger partial charge in [0.25, 0.3) is 0 Å². The van der Waals surface area contributed by atoms with Crippen LogP contribution in [0.2, 0.25) is 0 Å². The molecule has 0 radical (unpaired) electrons. The van der Waals surface area contributed by atoms with E-state index in [0.717, 1.165) is 36.2 Å². The van der Waals surface area contributed by atoms with Crippen LogP contribution < -0.4 is 5.73 Å². The first-order valence-corrected chi connectivity index (χ1v) is 7.84. The van der Waals surface area contributed by atoms with Crippen molar-refractivity contribution < 1.29 is 9.13 Å². The second-order valence-corrected chi connectivity index (χ2v) is 6.29. The quantitative estimate of drug-likeness (QED) is 0.892. The fourth-order valence-corrected chi connectivity index (χ4v) is 3.31. The third-order valence-electron chi connectivity index (χ3n) is 3.87. The monoisotopic (exact) mass is 344 g/mol. The first-order valence-electron chi connectivity index (χ1n) is 7.04. The van der Waals surface area contributed by atoms with E-state index in [1.165, 1.54) is 12.5 Å². The highest BCUT2D eigenvalue weighted by Crippen LogP contribution is 2.28. The zero-order valence-electron chi connectivity index (χ0n) is 11.8. The van der Waals surface area contributed by atoms with Gasteiger partial charge in [-0.3, -0.25) is 4.90 Å². The molecule has 2 N–H and O–H groups in total. The summed E-state index contributed by atoms with van der Waals surface area (Å²) in [5.74, 6) is 0.311. The van der Waals surface area contributed by atoms with E-state index in [9.17, 15) is 4.39 Å². The van der Waals surface area contributed by atoms with Gasteiger partial charge in [-0.25, -0.2) is 4.39 Å². The molecule has 2 atom stereocenters. The van der Waals surface area contributed by atoms with Crippen LogP contribution in [0, 0.1) is 11.7 Å². The molecule has 0 aliphatic carbocycles. The third-order valence-corrected chi connectivity index (χ3v) is 4.60. The van der Waals surface area contributed by atoms with Crippen LogP contribution in [0.15, 0.2) is 22.7 Å². The van der Waals surface area contributed by atoms with Gasteiger partial charge in [-0.2, -0.15) is 0 Å². The van der Waals surface area contributed by atoms with E-state index in [1.54, 1.807) is 12.1 Å². The standard InChI is InChI=1S/C15H22BrFN2O/c1-19(9-11-3-2-6-20-10-11)15(8-18)13-7-12(17)4-5-14(13)16/h4-5,7,11,15H,2-3,6,8-10,18H2,1H3. The maximum Gasteiger partial charge on any atom is 0.123 e.